The van der Waals surface area contributed by atoms with E-state index in [1.165, 1.54) is 0 Å². The number of hydrogen-bond donors (Lipinski definition) is 1. The lowest BCUT2D eigenvalue weighted by atomic mass is 9.95. The topological polar surface area (TPSA) is 40.5 Å². The van der Waals surface area contributed by atoms with Crippen LogP contribution in [0.5, 0.6) is 0 Å². The molecule has 1 N–H and O–H groups in total. The Bertz CT molecular complexity index is 170. The fraction of sp³-hybridized carbons (Fsp3) is 0.889. The number of carbonyl (C=O) groups is 1. The maximum absolute atomic E-state index is 10.5. The van der Waals surface area contributed by atoms with Gasteiger partial charge in [0.1, 0.15) is 0 Å². The SMILES string of the molecule is CCC1C(CC(=O)O)CCN1C. The molecule has 2 unspecified atom stereocenters. The predicted molar refractivity (Wildman–Crippen MR) is 47.1 cm³/mol. The molecule has 0 aromatic heterocycles. The number of carboxylic acids is 1. The van der Waals surface area contributed by atoms with Crippen LogP contribution in [0.2, 0.25) is 0 Å². The Morgan fingerprint density at radius 2 is 2.33 bits per heavy atom. The lowest BCUT2D eigenvalue weighted by molar-refractivity contribution is -0.138. The van der Waals surface area contributed by atoms with Crippen LogP contribution in [0.1, 0.15) is 26.2 Å². The average Bonchev–Trinajstić information content (AvgIpc) is 2.30. The van der Waals surface area contributed by atoms with Crippen molar-refractivity contribution in [3.63, 3.8) is 0 Å². The largest absolute Gasteiger partial charge is 0.481 e. The quantitative estimate of drug-likeness (QED) is 0.693. The smallest absolute Gasteiger partial charge is 0.303 e. The maximum Gasteiger partial charge on any atom is 0.303 e. The Balaban J connectivity index is 2.48. The molecule has 2 atom stereocenters. The molecule has 0 amide bonds. The zero-order valence-electron chi connectivity index (χ0n) is 7.79. The van der Waals surface area contributed by atoms with Crippen LogP contribution in [0.25, 0.3) is 0 Å². The number of nitrogens with zero attached hydrogens (tertiary/aromatic N) is 1. The van der Waals surface area contributed by atoms with Crippen molar-refractivity contribution in [3.8, 4) is 0 Å². The van der Waals surface area contributed by atoms with Gasteiger partial charge in [-0.3, -0.25) is 4.79 Å². The first-order chi connectivity index (χ1) is 5.65. The molecule has 70 valence electrons. The Morgan fingerprint density at radius 3 is 2.83 bits per heavy atom. The van der Waals surface area contributed by atoms with Crippen LogP contribution >= 0.6 is 0 Å². The lowest BCUT2D eigenvalue weighted by Crippen LogP contribution is -2.29. The number of carboxylic acid groups (broad SMARTS) is 1. The fourth-order valence-electron chi connectivity index (χ4n) is 2.19. The summed E-state index contributed by atoms with van der Waals surface area (Å²) in [7, 11) is 2.08. The van der Waals surface area contributed by atoms with E-state index in [2.05, 4.69) is 18.9 Å². The van der Waals surface area contributed by atoms with Crippen LogP contribution in [0.15, 0.2) is 0 Å². The molecule has 0 spiro atoms. The van der Waals surface area contributed by atoms with Crippen LogP contribution in [0.4, 0.5) is 0 Å². The minimum Gasteiger partial charge on any atom is -0.481 e. The fourth-order valence-corrected chi connectivity index (χ4v) is 2.19. The second-order valence-corrected chi connectivity index (χ2v) is 3.60. The highest BCUT2D eigenvalue weighted by Crippen LogP contribution is 2.27. The van der Waals surface area contributed by atoms with Crippen LogP contribution in [-0.4, -0.2) is 35.6 Å². The molecule has 3 nitrogen and oxygen atoms in total. The lowest BCUT2D eigenvalue weighted by Gasteiger charge is -2.22. The van der Waals surface area contributed by atoms with Gasteiger partial charge in [0.05, 0.1) is 0 Å². The summed E-state index contributed by atoms with van der Waals surface area (Å²) >= 11 is 0. The van der Waals surface area contributed by atoms with E-state index in [-0.39, 0.29) is 0 Å². The van der Waals surface area contributed by atoms with E-state index in [9.17, 15) is 4.79 Å². The summed E-state index contributed by atoms with van der Waals surface area (Å²) in [5.41, 5.74) is 0. The average molecular weight is 171 g/mol. The number of likely N-dealkylation sites (tertiary alicyclic amines) is 1. The van der Waals surface area contributed by atoms with E-state index in [0.29, 0.717) is 18.4 Å². The summed E-state index contributed by atoms with van der Waals surface area (Å²) in [4.78, 5) is 12.8. The van der Waals surface area contributed by atoms with Gasteiger partial charge in [0.15, 0.2) is 0 Å². The Kier molecular flexibility index (Phi) is 3.09. The standard InChI is InChI=1S/C9H17NO2/c1-3-8-7(6-9(11)12)4-5-10(8)2/h7-8H,3-6H2,1-2H3,(H,11,12). The normalized spacial score (nSPS) is 30.8. The van der Waals surface area contributed by atoms with Gasteiger partial charge < -0.3 is 10.0 Å². The zero-order valence-corrected chi connectivity index (χ0v) is 7.79. The maximum atomic E-state index is 10.5. The monoisotopic (exact) mass is 171 g/mol. The molecule has 0 aliphatic carbocycles. The van der Waals surface area contributed by atoms with Crippen molar-refractivity contribution in [1.82, 2.24) is 4.90 Å². The molecular weight excluding hydrogens is 154 g/mol. The molecule has 0 radical (unpaired) electrons. The zero-order chi connectivity index (χ0) is 9.14. The molecule has 3 heteroatoms. The van der Waals surface area contributed by atoms with E-state index < -0.39 is 5.97 Å². The molecule has 0 aromatic rings. The van der Waals surface area contributed by atoms with Crippen molar-refractivity contribution < 1.29 is 9.90 Å². The first-order valence-electron chi connectivity index (χ1n) is 4.57. The molecule has 1 fully saturated rings. The van der Waals surface area contributed by atoms with Crippen molar-refractivity contribution in [2.24, 2.45) is 5.92 Å². The van der Waals surface area contributed by atoms with Crippen molar-refractivity contribution in [3.05, 3.63) is 0 Å². The van der Waals surface area contributed by atoms with Gasteiger partial charge in [-0.2, -0.15) is 0 Å². The first kappa shape index (κ1) is 9.52. The van der Waals surface area contributed by atoms with Crippen LogP contribution in [0.3, 0.4) is 0 Å². The van der Waals surface area contributed by atoms with Gasteiger partial charge in [0.2, 0.25) is 0 Å². The molecule has 1 heterocycles. The second kappa shape index (κ2) is 3.90. The molecule has 1 aliphatic heterocycles. The molecule has 0 aromatic carbocycles. The van der Waals surface area contributed by atoms with Crippen molar-refractivity contribution in [2.75, 3.05) is 13.6 Å². The highest BCUT2D eigenvalue weighted by Gasteiger charge is 2.31. The minimum absolute atomic E-state index is 0.336. The van der Waals surface area contributed by atoms with E-state index >= 15 is 0 Å². The third kappa shape index (κ3) is 1.97. The van der Waals surface area contributed by atoms with E-state index in [0.717, 1.165) is 19.4 Å². The second-order valence-electron chi connectivity index (χ2n) is 3.60. The van der Waals surface area contributed by atoms with Crippen molar-refractivity contribution >= 4 is 5.97 Å². The van der Waals surface area contributed by atoms with E-state index in [4.69, 9.17) is 5.11 Å². The molecule has 1 saturated heterocycles. The van der Waals surface area contributed by atoms with Gasteiger partial charge in [-0.1, -0.05) is 6.92 Å². The number of rotatable bonds is 3. The predicted octanol–water partition coefficient (Wildman–Crippen LogP) is 1.19. The van der Waals surface area contributed by atoms with Gasteiger partial charge in [-0.25, -0.2) is 0 Å². The van der Waals surface area contributed by atoms with Gasteiger partial charge in [-0.05, 0) is 32.4 Å². The van der Waals surface area contributed by atoms with E-state index in [1.54, 1.807) is 0 Å². The van der Waals surface area contributed by atoms with Gasteiger partial charge in [-0.15, -0.1) is 0 Å². The third-order valence-electron chi connectivity index (χ3n) is 2.82. The van der Waals surface area contributed by atoms with Crippen LogP contribution < -0.4 is 0 Å². The molecule has 0 saturated carbocycles. The Labute approximate surface area is 73.4 Å². The summed E-state index contributed by atoms with van der Waals surface area (Å²) in [5.74, 6) is -0.286. The van der Waals surface area contributed by atoms with E-state index in [1.807, 2.05) is 0 Å². The first-order valence-corrected chi connectivity index (χ1v) is 4.57. The minimum atomic E-state index is -0.659. The molecule has 1 rings (SSSR count). The summed E-state index contributed by atoms with van der Waals surface area (Å²) in [6, 6.07) is 0.487. The summed E-state index contributed by atoms with van der Waals surface area (Å²) < 4.78 is 0. The van der Waals surface area contributed by atoms with Gasteiger partial charge in [0.25, 0.3) is 0 Å². The van der Waals surface area contributed by atoms with Crippen molar-refractivity contribution in [2.45, 2.75) is 32.2 Å². The highest BCUT2D eigenvalue weighted by atomic mass is 16.4. The summed E-state index contributed by atoms with van der Waals surface area (Å²) in [6.07, 6.45) is 2.44. The summed E-state index contributed by atoms with van der Waals surface area (Å²) in [6.45, 7) is 3.18. The number of hydrogen-bond acceptors (Lipinski definition) is 2. The van der Waals surface area contributed by atoms with Crippen LogP contribution in [0, 0.1) is 5.92 Å². The van der Waals surface area contributed by atoms with Crippen molar-refractivity contribution in [1.29, 1.82) is 0 Å². The van der Waals surface area contributed by atoms with Crippen LogP contribution in [-0.2, 0) is 4.79 Å². The summed E-state index contributed by atoms with van der Waals surface area (Å²) in [5, 5.41) is 8.65. The van der Waals surface area contributed by atoms with Gasteiger partial charge in [0, 0.05) is 12.5 Å². The molecule has 12 heavy (non-hydrogen) atoms. The molecule has 1 aliphatic rings. The molecular formula is C9H17NO2. The highest BCUT2D eigenvalue weighted by molar-refractivity contribution is 5.67. The number of aliphatic carboxylic acids is 1. The Morgan fingerprint density at radius 1 is 1.67 bits per heavy atom. The van der Waals surface area contributed by atoms with Gasteiger partial charge >= 0.3 is 5.97 Å². The molecule has 0 bridgehead atoms. The Hall–Kier alpha value is -0.570. The third-order valence-corrected chi connectivity index (χ3v) is 2.82.